The SMILES string of the molecule is Nc1ncnc2c1c(-c1ccc(Oc3ccccc3)cc1)nn2C1CCN(C2CC3(CCN(C4CN(c5ccc6c(c5)C(C(=O)C=O)N(C5CCC(=O)NC5=O)C6)C4)CC3)C2)CC1. The molecule has 2 aromatic heterocycles. The molecule has 15 nitrogen and oxygen atoms in total. The number of hydrogen-bond acceptors (Lipinski definition) is 13. The quantitative estimate of drug-likeness (QED) is 0.109. The molecule has 0 radical (unpaired) electrons. The number of carbonyl (C=O) groups excluding carboxylic acids is 4. The Morgan fingerprint density at radius 1 is 0.841 bits per heavy atom. The predicted molar refractivity (Wildman–Crippen MR) is 236 cm³/mol. The number of piperidine rings is 3. The molecule has 6 aliphatic rings. The monoisotopic (exact) mass is 848 g/mol. The van der Waals surface area contributed by atoms with Gasteiger partial charge in [0.05, 0.1) is 17.5 Å². The summed E-state index contributed by atoms with van der Waals surface area (Å²) in [7, 11) is 0. The van der Waals surface area contributed by atoms with E-state index in [9.17, 15) is 19.2 Å². The minimum Gasteiger partial charge on any atom is -0.457 e. The Labute approximate surface area is 365 Å². The topological polar surface area (TPSA) is 172 Å². The number of anilines is 2. The number of para-hydroxylation sites is 1. The Hall–Kier alpha value is -6.03. The number of nitrogens with two attached hydrogens (primary N) is 1. The number of nitrogens with one attached hydrogen (secondary N) is 1. The van der Waals surface area contributed by atoms with Crippen LogP contribution < -0.4 is 20.7 Å². The van der Waals surface area contributed by atoms with Crippen molar-refractivity contribution in [2.24, 2.45) is 5.41 Å². The van der Waals surface area contributed by atoms with Gasteiger partial charge in [-0.2, -0.15) is 5.10 Å². The number of aldehydes is 1. The predicted octanol–water partition coefficient (Wildman–Crippen LogP) is 5.07. The molecule has 3 aromatic carbocycles. The van der Waals surface area contributed by atoms with Crippen LogP contribution in [0.25, 0.3) is 22.3 Å². The van der Waals surface area contributed by atoms with Gasteiger partial charge in [0.15, 0.2) is 11.9 Å². The maximum Gasteiger partial charge on any atom is 0.243 e. The minimum absolute atomic E-state index is 0.216. The number of likely N-dealkylation sites (tertiary alicyclic amines) is 2. The van der Waals surface area contributed by atoms with Crippen molar-refractivity contribution in [3.8, 4) is 22.8 Å². The van der Waals surface area contributed by atoms with Gasteiger partial charge in [0, 0.05) is 62.5 Å². The fourth-order valence-electron chi connectivity index (χ4n) is 11.4. The van der Waals surface area contributed by atoms with E-state index in [1.807, 2.05) is 66.7 Å². The molecule has 11 rings (SSSR count). The lowest BCUT2D eigenvalue weighted by Crippen LogP contribution is -2.63. The molecule has 5 aromatic rings. The van der Waals surface area contributed by atoms with Crippen LogP contribution in [-0.4, -0.2) is 116 Å². The third kappa shape index (κ3) is 7.25. The van der Waals surface area contributed by atoms with Crippen LogP contribution >= 0.6 is 0 Å². The fraction of sp³-hybridized carbons (Fsp3) is 0.438. The van der Waals surface area contributed by atoms with E-state index in [2.05, 4.69) is 35.7 Å². The van der Waals surface area contributed by atoms with E-state index in [0.29, 0.717) is 42.6 Å². The van der Waals surface area contributed by atoms with Crippen LogP contribution in [0.3, 0.4) is 0 Å². The summed E-state index contributed by atoms with van der Waals surface area (Å²) in [6, 6.07) is 23.8. The maximum absolute atomic E-state index is 13.0. The summed E-state index contributed by atoms with van der Waals surface area (Å²) in [5.41, 5.74) is 12.2. The zero-order valence-electron chi connectivity index (χ0n) is 35.3. The summed E-state index contributed by atoms with van der Waals surface area (Å²) in [5, 5.41) is 8.35. The second-order valence-electron chi connectivity index (χ2n) is 18.6. The molecule has 5 aliphatic heterocycles. The Bertz CT molecular complexity index is 2570. The van der Waals surface area contributed by atoms with Crippen molar-refractivity contribution in [1.29, 1.82) is 0 Å². The fourth-order valence-corrected chi connectivity index (χ4v) is 11.4. The van der Waals surface area contributed by atoms with Gasteiger partial charge in [0.1, 0.15) is 35.4 Å². The van der Waals surface area contributed by atoms with Crippen LogP contribution in [0.1, 0.15) is 74.6 Å². The molecule has 1 saturated carbocycles. The molecule has 2 unspecified atom stereocenters. The molecule has 1 spiro atoms. The Kier molecular flexibility index (Phi) is 10.1. The van der Waals surface area contributed by atoms with Gasteiger partial charge < -0.3 is 20.3 Å². The molecule has 3 N–H and O–H groups in total. The summed E-state index contributed by atoms with van der Waals surface area (Å²) in [6.45, 7) is 6.57. The first-order valence-corrected chi connectivity index (χ1v) is 22.5. The van der Waals surface area contributed by atoms with Crippen LogP contribution in [0, 0.1) is 5.41 Å². The first-order chi connectivity index (χ1) is 30.7. The number of imide groups is 1. The van der Waals surface area contributed by atoms with Gasteiger partial charge in [-0.25, -0.2) is 14.6 Å². The number of nitrogen functional groups attached to an aromatic ring is 1. The van der Waals surface area contributed by atoms with Crippen LogP contribution in [0.5, 0.6) is 11.5 Å². The minimum atomic E-state index is -0.814. The molecule has 4 saturated heterocycles. The van der Waals surface area contributed by atoms with Crippen molar-refractivity contribution >= 4 is 46.4 Å². The zero-order valence-corrected chi connectivity index (χ0v) is 35.3. The van der Waals surface area contributed by atoms with E-state index in [1.165, 1.54) is 32.0 Å². The molecule has 2 atom stereocenters. The number of nitrogens with zero attached hydrogens (tertiary/aromatic N) is 8. The molecule has 63 heavy (non-hydrogen) atoms. The van der Waals surface area contributed by atoms with Crippen molar-refractivity contribution in [3.63, 3.8) is 0 Å². The average Bonchev–Trinajstić information content (AvgIpc) is 3.86. The Morgan fingerprint density at radius 2 is 1.57 bits per heavy atom. The number of rotatable bonds is 10. The van der Waals surface area contributed by atoms with E-state index in [1.54, 1.807) is 4.90 Å². The molecular weight excluding hydrogens is 797 g/mol. The van der Waals surface area contributed by atoms with Crippen molar-refractivity contribution in [2.75, 3.05) is 49.9 Å². The number of carbonyl (C=O) groups is 4. The first kappa shape index (κ1) is 39.8. The maximum atomic E-state index is 13.0. The molecule has 5 fully saturated rings. The molecular formula is C48H52N10O5. The molecule has 15 heteroatoms. The van der Waals surface area contributed by atoms with Crippen molar-refractivity contribution < 1.29 is 23.9 Å². The van der Waals surface area contributed by atoms with Gasteiger partial charge in [0.25, 0.3) is 0 Å². The van der Waals surface area contributed by atoms with E-state index >= 15 is 0 Å². The van der Waals surface area contributed by atoms with Crippen molar-refractivity contribution in [1.82, 2.24) is 39.8 Å². The number of ketones is 1. The van der Waals surface area contributed by atoms with Crippen LogP contribution in [0.4, 0.5) is 11.5 Å². The van der Waals surface area contributed by atoms with Crippen molar-refractivity contribution in [3.05, 3.63) is 90.3 Å². The molecule has 7 heterocycles. The van der Waals surface area contributed by atoms with E-state index < -0.39 is 23.8 Å². The number of Topliss-reactive ketones (excluding diaryl/α,β-unsaturated/α-hetero) is 1. The summed E-state index contributed by atoms with van der Waals surface area (Å²) in [6.07, 6.45) is 9.50. The van der Waals surface area contributed by atoms with Gasteiger partial charge in [0.2, 0.25) is 17.6 Å². The highest BCUT2D eigenvalue weighted by atomic mass is 16.5. The number of benzene rings is 3. The standard InChI is InChI=1S/C48H52N10O5/c49-45-42-43(30-7-10-37(11-8-30)63-36-4-2-1-3-5-36)53-58(46(42)51-29-50-45)32-14-18-54(19-15-32)34-23-48(24-34)16-20-55(21-17-48)35-26-56(27-35)33-9-6-31-25-57(39-12-13-41(61)52-47(39)62)44(38(31)22-33)40(60)28-59/h1-11,22,28-29,32,34-35,39,44H,12-21,23-27H2,(H2,49,50,51)(H,52,61,62). The highest BCUT2D eigenvalue weighted by Gasteiger charge is 2.50. The van der Waals surface area contributed by atoms with Gasteiger partial charge in [-0.05, 0) is 123 Å². The van der Waals surface area contributed by atoms with Crippen LogP contribution in [0.2, 0.25) is 0 Å². The van der Waals surface area contributed by atoms with Gasteiger partial charge in [-0.3, -0.25) is 34.3 Å². The molecule has 1 aliphatic carbocycles. The third-order valence-corrected chi connectivity index (χ3v) is 15.0. The molecule has 2 amide bonds. The largest absolute Gasteiger partial charge is 0.457 e. The number of ether oxygens (including phenoxy) is 1. The summed E-state index contributed by atoms with van der Waals surface area (Å²) < 4.78 is 8.13. The first-order valence-electron chi connectivity index (χ1n) is 22.5. The zero-order chi connectivity index (χ0) is 42.8. The Morgan fingerprint density at radius 3 is 2.30 bits per heavy atom. The van der Waals surface area contributed by atoms with E-state index in [-0.39, 0.29) is 18.4 Å². The second kappa shape index (κ2) is 16.0. The normalized spacial score (nSPS) is 23.7. The summed E-state index contributed by atoms with van der Waals surface area (Å²) in [5.74, 6) is 0.713. The molecule has 324 valence electrons. The Balaban J connectivity index is 0.670. The lowest BCUT2D eigenvalue weighted by Gasteiger charge is -2.58. The van der Waals surface area contributed by atoms with Crippen molar-refractivity contribution in [2.45, 2.75) is 88.1 Å². The number of amides is 2. The lowest BCUT2D eigenvalue weighted by atomic mass is 9.59. The summed E-state index contributed by atoms with van der Waals surface area (Å²) in [4.78, 5) is 67.8. The highest BCUT2D eigenvalue weighted by molar-refractivity contribution is 6.27. The average molecular weight is 849 g/mol. The van der Waals surface area contributed by atoms with Gasteiger partial charge >= 0.3 is 0 Å². The lowest BCUT2D eigenvalue weighted by molar-refractivity contribution is -0.141. The molecule has 0 bridgehead atoms. The van der Waals surface area contributed by atoms with Gasteiger partial charge in [-0.15, -0.1) is 0 Å². The van der Waals surface area contributed by atoms with Gasteiger partial charge in [-0.1, -0.05) is 24.3 Å². The number of hydrogen-bond donors (Lipinski definition) is 2. The number of aromatic nitrogens is 4. The highest BCUT2D eigenvalue weighted by Crippen LogP contribution is 2.52. The van der Waals surface area contributed by atoms with Crippen LogP contribution in [0.15, 0.2) is 79.1 Å². The summed E-state index contributed by atoms with van der Waals surface area (Å²) >= 11 is 0. The van der Waals surface area contributed by atoms with Crippen LogP contribution in [-0.2, 0) is 25.7 Å². The van der Waals surface area contributed by atoms with E-state index in [4.69, 9.17) is 20.6 Å². The smallest absolute Gasteiger partial charge is 0.243 e. The second-order valence-corrected chi connectivity index (χ2v) is 18.6. The van der Waals surface area contributed by atoms with E-state index in [0.717, 1.165) is 103 Å². The third-order valence-electron chi connectivity index (χ3n) is 15.0. The number of fused-ring (bicyclic) bond motifs is 2.